The minimum absolute atomic E-state index is 0.294. The Morgan fingerprint density at radius 1 is 1.07 bits per heavy atom. The molecule has 8 heteroatoms. The number of thiophene rings is 1. The Hall–Kier alpha value is -3.13. The molecule has 0 spiro atoms. The number of hydrogen-bond acceptors (Lipinski definition) is 6. The van der Waals surface area contributed by atoms with E-state index in [0.717, 1.165) is 4.70 Å². The van der Waals surface area contributed by atoms with Crippen LogP contribution in [0.2, 0.25) is 0 Å². The quantitative estimate of drug-likeness (QED) is 0.648. The van der Waals surface area contributed by atoms with Crippen LogP contribution >= 0.6 is 11.3 Å². The molecule has 0 fully saturated rings. The van der Waals surface area contributed by atoms with Crippen molar-refractivity contribution in [2.24, 2.45) is 0 Å². The summed E-state index contributed by atoms with van der Waals surface area (Å²) in [5.41, 5.74) is 0.398. The molecule has 0 aliphatic carbocycles. The number of anilines is 1. The lowest BCUT2D eigenvalue weighted by Crippen LogP contribution is -2.21. The fraction of sp³-hybridized carbons (Fsp3) is 0.158. The van der Waals surface area contributed by atoms with Crippen molar-refractivity contribution in [1.29, 1.82) is 0 Å². The molecule has 0 aliphatic rings. The molecule has 2 aromatic carbocycles. The summed E-state index contributed by atoms with van der Waals surface area (Å²) in [7, 11) is 2.98. The predicted molar refractivity (Wildman–Crippen MR) is 100 cm³/mol. The van der Waals surface area contributed by atoms with Crippen LogP contribution in [0.1, 0.15) is 9.67 Å². The van der Waals surface area contributed by atoms with Crippen molar-refractivity contribution in [2.45, 2.75) is 0 Å². The number of carbonyl (C=O) groups is 2. The van der Waals surface area contributed by atoms with E-state index in [1.165, 1.54) is 43.8 Å². The molecule has 0 saturated heterocycles. The molecule has 0 aliphatic heterocycles. The van der Waals surface area contributed by atoms with Crippen LogP contribution < -0.4 is 14.8 Å². The average molecular weight is 389 g/mol. The molecular formula is C19H16FNO5S. The van der Waals surface area contributed by atoms with Crippen molar-refractivity contribution >= 4 is 39.0 Å². The van der Waals surface area contributed by atoms with Crippen molar-refractivity contribution in [2.75, 3.05) is 26.1 Å². The molecule has 1 amide bonds. The Morgan fingerprint density at radius 3 is 2.63 bits per heavy atom. The van der Waals surface area contributed by atoms with Gasteiger partial charge in [-0.2, -0.15) is 0 Å². The normalized spacial score (nSPS) is 10.5. The standard InChI is InChI=1S/C19H16FNO5S/c1-24-13-4-5-15(25-2)14(9-13)21-18(22)10-26-19(23)17-8-11-7-12(20)3-6-16(11)27-17/h3-9H,10H2,1-2H3,(H,21,22). The number of methoxy groups -OCH3 is 2. The molecule has 140 valence electrons. The highest BCUT2D eigenvalue weighted by molar-refractivity contribution is 7.20. The molecule has 1 heterocycles. The zero-order valence-electron chi connectivity index (χ0n) is 14.6. The molecular weight excluding hydrogens is 373 g/mol. The second-order valence-corrected chi connectivity index (χ2v) is 6.57. The second-order valence-electron chi connectivity index (χ2n) is 5.48. The van der Waals surface area contributed by atoms with Gasteiger partial charge in [0, 0.05) is 10.8 Å². The van der Waals surface area contributed by atoms with Gasteiger partial charge in [-0.3, -0.25) is 4.79 Å². The smallest absolute Gasteiger partial charge is 0.348 e. The summed E-state index contributed by atoms with van der Waals surface area (Å²) in [4.78, 5) is 24.5. The monoisotopic (exact) mass is 389 g/mol. The Labute approximate surface area is 158 Å². The number of halogens is 1. The third-order valence-corrected chi connectivity index (χ3v) is 4.79. The number of benzene rings is 2. The summed E-state index contributed by atoms with van der Waals surface area (Å²) in [6.45, 7) is -0.470. The van der Waals surface area contributed by atoms with Crippen LogP contribution in [-0.2, 0) is 9.53 Å². The maximum atomic E-state index is 13.2. The molecule has 1 aromatic heterocycles. The third-order valence-electron chi connectivity index (χ3n) is 3.69. The number of carbonyl (C=O) groups excluding carboxylic acids is 2. The first-order valence-electron chi connectivity index (χ1n) is 7.88. The van der Waals surface area contributed by atoms with Crippen molar-refractivity contribution in [1.82, 2.24) is 0 Å². The Bertz CT molecular complexity index is 1000. The van der Waals surface area contributed by atoms with Crippen molar-refractivity contribution in [3.8, 4) is 11.5 Å². The number of hydrogen-bond donors (Lipinski definition) is 1. The molecule has 3 rings (SSSR count). The number of amides is 1. The maximum absolute atomic E-state index is 13.2. The van der Waals surface area contributed by atoms with Gasteiger partial charge in [-0.1, -0.05) is 0 Å². The van der Waals surface area contributed by atoms with E-state index in [1.54, 1.807) is 24.3 Å². The lowest BCUT2D eigenvalue weighted by atomic mass is 10.2. The molecule has 0 atom stereocenters. The van der Waals surface area contributed by atoms with Gasteiger partial charge in [0.15, 0.2) is 6.61 Å². The Balaban J connectivity index is 1.63. The summed E-state index contributed by atoms with van der Waals surface area (Å²) in [6.07, 6.45) is 0. The van der Waals surface area contributed by atoms with Gasteiger partial charge < -0.3 is 19.5 Å². The van der Waals surface area contributed by atoms with Gasteiger partial charge in [-0.15, -0.1) is 11.3 Å². The molecule has 0 bridgehead atoms. The molecule has 27 heavy (non-hydrogen) atoms. The number of esters is 1. The van der Waals surface area contributed by atoms with Gasteiger partial charge in [0.2, 0.25) is 0 Å². The largest absolute Gasteiger partial charge is 0.497 e. The zero-order valence-corrected chi connectivity index (χ0v) is 15.4. The lowest BCUT2D eigenvalue weighted by molar-refractivity contribution is -0.119. The first kappa shape index (κ1) is 18.7. The summed E-state index contributed by atoms with van der Waals surface area (Å²) in [5.74, 6) is -0.569. The summed E-state index contributed by atoms with van der Waals surface area (Å²) in [5, 5.41) is 3.22. The van der Waals surface area contributed by atoms with E-state index in [4.69, 9.17) is 14.2 Å². The van der Waals surface area contributed by atoms with Crippen LogP contribution in [0, 0.1) is 5.82 Å². The average Bonchev–Trinajstić information content (AvgIpc) is 3.09. The van der Waals surface area contributed by atoms with Gasteiger partial charge in [0.1, 0.15) is 22.2 Å². The van der Waals surface area contributed by atoms with E-state index in [2.05, 4.69) is 5.32 Å². The van der Waals surface area contributed by atoms with E-state index in [-0.39, 0.29) is 5.82 Å². The summed E-state index contributed by atoms with van der Waals surface area (Å²) < 4.78 is 29.3. The summed E-state index contributed by atoms with van der Waals surface area (Å²) in [6, 6.07) is 10.7. The highest BCUT2D eigenvalue weighted by Crippen LogP contribution is 2.29. The minimum Gasteiger partial charge on any atom is -0.497 e. The van der Waals surface area contributed by atoms with Crippen LogP contribution in [0.25, 0.3) is 10.1 Å². The van der Waals surface area contributed by atoms with Crippen LogP contribution in [-0.4, -0.2) is 32.7 Å². The predicted octanol–water partition coefficient (Wildman–Crippen LogP) is 3.85. The minimum atomic E-state index is -0.649. The fourth-order valence-electron chi connectivity index (χ4n) is 2.42. The second kappa shape index (κ2) is 8.05. The van der Waals surface area contributed by atoms with Crippen molar-refractivity contribution < 1.29 is 28.2 Å². The lowest BCUT2D eigenvalue weighted by Gasteiger charge is -2.11. The first-order valence-corrected chi connectivity index (χ1v) is 8.70. The van der Waals surface area contributed by atoms with E-state index in [1.807, 2.05) is 0 Å². The zero-order chi connectivity index (χ0) is 19.4. The SMILES string of the molecule is COc1ccc(OC)c(NC(=O)COC(=O)c2cc3cc(F)ccc3s2)c1. The number of rotatable bonds is 6. The van der Waals surface area contributed by atoms with Crippen molar-refractivity contribution in [3.05, 3.63) is 53.2 Å². The van der Waals surface area contributed by atoms with E-state index < -0.39 is 18.5 Å². The highest BCUT2D eigenvalue weighted by Gasteiger charge is 2.15. The highest BCUT2D eigenvalue weighted by atomic mass is 32.1. The molecule has 3 aromatic rings. The van der Waals surface area contributed by atoms with Gasteiger partial charge in [-0.05, 0) is 41.8 Å². The fourth-order valence-corrected chi connectivity index (χ4v) is 3.35. The van der Waals surface area contributed by atoms with Crippen LogP contribution in [0.3, 0.4) is 0 Å². The van der Waals surface area contributed by atoms with E-state index in [0.29, 0.717) is 27.4 Å². The van der Waals surface area contributed by atoms with Crippen LogP contribution in [0.15, 0.2) is 42.5 Å². The Morgan fingerprint density at radius 2 is 1.89 bits per heavy atom. The first-order chi connectivity index (χ1) is 13.0. The third kappa shape index (κ3) is 4.35. The molecule has 0 saturated carbocycles. The number of ether oxygens (including phenoxy) is 3. The maximum Gasteiger partial charge on any atom is 0.348 e. The molecule has 0 unspecified atom stereocenters. The van der Waals surface area contributed by atoms with Gasteiger partial charge in [0.05, 0.1) is 19.9 Å². The summed E-state index contributed by atoms with van der Waals surface area (Å²) >= 11 is 1.17. The van der Waals surface area contributed by atoms with Gasteiger partial charge >= 0.3 is 5.97 Å². The topological polar surface area (TPSA) is 73.9 Å². The molecule has 1 N–H and O–H groups in total. The number of fused-ring (bicyclic) bond motifs is 1. The molecule has 0 radical (unpaired) electrons. The molecule has 6 nitrogen and oxygen atoms in total. The van der Waals surface area contributed by atoms with Crippen LogP contribution in [0.5, 0.6) is 11.5 Å². The van der Waals surface area contributed by atoms with E-state index in [9.17, 15) is 14.0 Å². The van der Waals surface area contributed by atoms with Gasteiger partial charge in [0.25, 0.3) is 5.91 Å². The van der Waals surface area contributed by atoms with Gasteiger partial charge in [-0.25, -0.2) is 9.18 Å². The van der Waals surface area contributed by atoms with Crippen LogP contribution in [0.4, 0.5) is 10.1 Å². The van der Waals surface area contributed by atoms with E-state index >= 15 is 0 Å². The Kier molecular flexibility index (Phi) is 5.56. The van der Waals surface area contributed by atoms with Crippen molar-refractivity contribution in [3.63, 3.8) is 0 Å². The number of nitrogens with one attached hydrogen (secondary N) is 1.